The zero-order chi connectivity index (χ0) is 12.3. The molecular weight excluding hydrogens is 271 g/mol. The van der Waals surface area contributed by atoms with Crippen LogP contribution in [0.3, 0.4) is 0 Å². The summed E-state index contributed by atoms with van der Waals surface area (Å²) in [5.41, 5.74) is -0.866. The van der Waals surface area contributed by atoms with Gasteiger partial charge in [-0.05, 0) is 25.9 Å². The Morgan fingerprint density at radius 3 is 2.22 bits per heavy atom. The molecule has 8 heteroatoms. The van der Waals surface area contributed by atoms with Crippen molar-refractivity contribution in [3.05, 3.63) is 18.0 Å². The van der Waals surface area contributed by atoms with Crippen molar-refractivity contribution < 1.29 is 17.9 Å². The van der Waals surface area contributed by atoms with Crippen LogP contribution >= 0.6 is 12.4 Å². The number of aromatic nitrogens is 2. The van der Waals surface area contributed by atoms with Gasteiger partial charge >= 0.3 is 12.2 Å². The molecule has 0 spiro atoms. The van der Waals surface area contributed by atoms with Crippen LogP contribution < -0.4 is 10.1 Å². The van der Waals surface area contributed by atoms with E-state index in [1.54, 1.807) is 0 Å². The van der Waals surface area contributed by atoms with Crippen LogP contribution in [0, 0.1) is 0 Å². The summed E-state index contributed by atoms with van der Waals surface area (Å²) in [6.45, 7) is 1.68. The Kier molecular flexibility index (Phi) is 5.15. The fourth-order valence-electron chi connectivity index (χ4n) is 1.59. The van der Waals surface area contributed by atoms with Gasteiger partial charge in [0.25, 0.3) is 0 Å². The van der Waals surface area contributed by atoms with Crippen LogP contribution in [0.4, 0.5) is 13.2 Å². The van der Waals surface area contributed by atoms with Gasteiger partial charge in [0.05, 0.1) is 5.56 Å². The van der Waals surface area contributed by atoms with Crippen molar-refractivity contribution in [3.8, 4) is 6.01 Å². The van der Waals surface area contributed by atoms with Crippen LogP contribution in [0.1, 0.15) is 18.4 Å². The smallest absolute Gasteiger partial charge is 0.419 e. The molecule has 0 bridgehead atoms. The van der Waals surface area contributed by atoms with Gasteiger partial charge in [0, 0.05) is 12.4 Å². The molecule has 1 fully saturated rings. The standard InChI is InChI=1S/C10H12F3N3O.ClH/c11-10(12,13)7-5-15-9(16-6-7)17-8-1-3-14-4-2-8;/h5-6,8,14H,1-4H2;1H. The zero-order valence-corrected chi connectivity index (χ0v) is 10.2. The summed E-state index contributed by atoms with van der Waals surface area (Å²) in [5.74, 6) is 0. The van der Waals surface area contributed by atoms with Gasteiger partial charge in [0.2, 0.25) is 0 Å². The topological polar surface area (TPSA) is 47.0 Å². The second-order valence-corrected chi connectivity index (χ2v) is 3.82. The summed E-state index contributed by atoms with van der Waals surface area (Å²) >= 11 is 0. The number of piperidine rings is 1. The number of ether oxygens (including phenoxy) is 1. The van der Waals surface area contributed by atoms with Crippen LogP contribution in [0.5, 0.6) is 6.01 Å². The molecule has 0 amide bonds. The predicted octanol–water partition coefficient (Wildman–Crippen LogP) is 2.05. The van der Waals surface area contributed by atoms with Gasteiger partial charge in [0.1, 0.15) is 6.10 Å². The van der Waals surface area contributed by atoms with Crippen molar-refractivity contribution in [2.24, 2.45) is 0 Å². The average Bonchev–Trinajstić information content (AvgIpc) is 2.30. The van der Waals surface area contributed by atoms with E-state index in [0.29, 0.717) is 0 Å². The summed E-state index contributed by atoms with van der Waals surface area (Å²) in [6, 6.07) is 0.00454. The Morgan fingerprint density at radius 2 is 1.72 bits per heavy atom. The minimum Gasteiger partial charge on any atom is -0.460 e. The van der Waals surface area contributed by atoms with Crippen LogP contribution in [-0.2, 0) is 6.18 Å². The lowest BCUT2D eigenvalue weighted by Crippen LogP contribution is -2.34. The molecule has 1 aliphatic rings. The van der Waals surface area contributed by atoms with Crippen LogP contribution in [-0.4, -0.2) is 29.2 Å². The largest absolute Gasteiger partial charge is 0.460 e. The van der Waals surface area contributed by atoms with Gasteiger partial charge in [-0.3, -0.25) is 0 Å². The van der Waals surface area contributed by atoms with Crippen molar-refractivity contribution in [1.82, 2.24) is 15.3 Å². The van der Waals surface area contributed by atoms with Crippen LogP contribution in [0.15, 0.2) is 12.4 Å². The predicted molar refractivity (Wildman–Crippen MR) is 60.8 cm³/mol. The van der Waals surface area contributed by atoms with Crippen molar-refractivity contribution >= 4 is 12.4 Å². The summed E-state index contributed by atoms with van der Waals surface area (Å²) in [4.78, 5) is 7.13. The highest BCUT2D eigenvalue weighted by Gasteiger charge is 2.31. The minimum atomic E-state index is -4.41. The van der Waals surface area contributed by atoms with Crippen molar-refractivity contribution in [1.29, 1.82) is 0 Å². The second kappa shape index (κ2) is 6.19. The molecule has 1 aromatic heterocycles. The quantitative estimate of drug-likeness (QED) is 0.902. The van der Waals surface area contributed by atoms with E-state index in [2.05, 4.69) is 15.3 Å². The molecule has 0 atom stereocenters. The molecule has 1 aliphatic heterocycles. The van der Waals surface area contributed by atoms with Gasteiger partial charge in [-0.2, -0.15) is 13.2 Å². The lowest BCUT2D eigenvalue weighted by Gasteiger charge is -2.22. The summed E-state index contributed by atoms with van der Waals surface area (Å²) in [6.07, 6.45) is -1.33. The molecule has 2 rings (SSSR count). The summed E-state index contributed by atoms with van der Waals surface area (Å²) in [7, 11) is 0. The molecule has 0 saturated carbocycles. The van der Waals surface area contributed by atoms with E-state index >= 15 is 0 Å². The third kappa shape index (κ3) is 3.99. The maximum atomic E-state index is 12.2. The number of nitrogens with zero attached hydrogens (tertiary/aromatic N) is 2. The normalized spacial score (nSPS) is 17.1. The monoisotopic (exact) mass is 283 g/mol. The minimum absolute atomic E-state index is 0. The summed E-state index contributed by atoms with van der Waals surface area (Å²) in [5, 5.41) is 3.16. The Hall–Kier alpha value is -1.08. The molecule has 0 radical (unpaired) electrons. The molecule has 0 unspecified atom stereocenters. The van der Waals surface area contributed by atoms with E-state index in [9.17, 15) is 13.2 Å². The molecular formula is C10H13ClF3N3O. The average molecular weight is 284 g/mol. The van der Waals surface area contributed by atoms with Gasteiger partial charge < -0.3 is 10.1 Å². The Bertz CT molecular complexity index is 366. The first-order valence-electron chi connectivity index (χ1n) is 5.32. The molecule has 18 heavy (non-hydrogen) atoms. The molecule has 0 aromatic carbocycles. The second-order valence-electron chi connectivity index (χ2n) is 3.82. The van der Waals surface area contributed by atoms with Crippen LogP contribution in [0.25, 0.3) is 0 Å². The summed E-state index contributed by atoms with van der Waals surface area (Å²) < 4.78 is 42.1. The fraction of sp³-hybridized carbons (Fsp3) is 0.600. The van der Waals surface area contributed by atoms with Gasteiger partial charge in [0.15, 0.2) is 0 Å². The molecule has 1 saturated heterocycles. The Labute approximate surface area is 108 Å². The first-order valence-corrected chi connectivity index (χ1v) is 5.32. The van der Waals surface area contributed by atoms with Gasteiger partial charge in [-0.15, -0.1) is 12.4 Å². The third-order valence-corrected chi connectivity index (χ3v) is 2.51. The van der Waals surface area contributed by atoms with Crippen LogP contribution in [0.2, 0.25) is 0 Å². The van der Waals surface area contributed by atoms with Gasteiger partial charge in [-0.1, -0.05) is 0 Å². The first-order chi connectivity index (χ1) is 8.05. The lowest BCUT2D eigenvalue weighted by atomic mass is 10.1. The number of halogens is 4. The first kappa shape index (κ1) is 15.0. The molecule has 0 aliphatic carbocycles. The maximum absolute atomic E-state index is 12.2. The van der Waals surface area contributed by atoms with E-state index < -0.39 is 11.7 Å². The molecule has 4 nitrogen and oxygen atoms in total. The van der Waals surface area contributed by atoms with Crippen molar-refractivity contribution in [2.45, 2.75) is 25.1 Å². The number of alkyl halides is 3. The Balaban J connectivity index is 0.00000162. The van der Waals surface area contributed by atoms with E-state index in [1.165, 1.54) is 0 Å². The number of hydrogen-bond acceptors (Lipinski definition) is 4. The molecule has 2 heterocycles. The van der Waals surface area contributed by atoms with E-state index in [-0.39, 0.29) is 24.5 Å². The highest BCUT2D eigenvalue weighted by atomic mass is 35.5. The fourth-order valence-corrected chi connectivity index (χ4v) is 1.59. The van der Waals surface area contributed by atoms with E-state index in [1.807, 2.05) is 0 Å². The van der Waals surface area contributed by atoms with Gasteiger partial charge in [-0.25, -0.2) is 9.97 Å². The highest BCUT2D eigenvalue weighted by Crippen LogP contribution is 2.28. The molecule has 1 aromatic rings. The zero-order valence-electron chi connectivity index (χ0n) is 9.41. The third-order valence-electron chi connectivity index (χ3n) is 2.51. The van der Waals surface area contributed by atoms with E-state index in [0.717, 1.165) is 38.3 Å². The SMILES string of the molecule is Cl.FC(F)(F)c1cnc(OC2CCNCC2)nc1. The maximum Gasteiger partial charge on any atom is 0.419 e. The Morgan fingerprint density at radius 1 is 1.17 bits per heavy atom. The number of rotatable bonds is 2. The number of hydrogen-bond donors (Lipinski definition) is 1. The highest BCUT2D eigenvalue weighted by molar-refractivity contribution is 5.85. The van der Waals surface area contributed by atoms with Crippen molar-refractivity contribution in [3.63, 3.8) is 0 Å². The van der Waals surface area contributed by atoms with Crippen molar-refractivity contribution in [2.75, 3.05) is 13.1 Å². The van der Waals surface area contributed by atoms with E-state index in [4.69, 9.17) is 4.74 Å². The lowest BCUT2D eigenvalue weighted by molar-refractivity contribution is -0.138. The number of nitrogens with one attached hydrogen (secondary N) is 1. The molecule has 1 N–H and O–H groups in total. The molecule has 102 valence electrons.